The minimum atomic E-state index is 0.529. The molecule has 2 aromatic rings. The number of aryl methyl sites for hydroxylation is 1. The average molecular weight is 268 g/mol. The highest BCUT2D eigenvalue weighted by Gasteiger charge is 2.26. The van der Waals surface area contributed by atoms with Gasteiger partial charge in [0.1, 0.15) is 0 Å². The fraction of sp³-hybridized carbons (Fsp3) is 0.333. The Balaban J connectivity index is 2.21. The van der Waals surface area contributed by atoms with E-state index in [9.17, 15) is 0 Å². The van der Waals surface area contributed by atoms with Gasteiger partial charge in [-0.15, -0.1) is 11.8 Å². The smallest absolute Gasteiger partial charge is 0.0235 e. The molecule has 0 fully saturated rings. The molecule has 19 heavy (non-hydrogen) atoms. The van der Waals surface area contributed by atoms with Crippen LogP contribution in [0, 0.1) is 12.8 Å². The van der Waals surface area contributed by atoms with Crippen molar-refractivity contribution in [3.8, 4) is 0 Å². The van der Waals surface area contributed by atoms with E-state index >= 15 is 0 Å². The molecule has 0 nitrogen and oxygen atoms in total. The fourth-order valence-corrected chi connectivity index (χ4v) is 4.24. The molecule has 1 aliphatic heterocycles. The van der Waals surface area contributed by atoms with Gasteiger partial charge in [0.2, 0.25) is 0 Å². The SMILES string of the molecule is Cc1ccc2c(c1)SCc1ccccc1C2C(C)C. The van der Waals surface area contributed by atoms with E-state index in [0.29, 0.717) is 11.8 Å². The molecule has 0 saturated heterocycles. The second kappa shape index (κ2) is 5.05. The third-order valence-corrected chi connectivity index (χ3v) is 5.06. The van der Waals surface area contributed by atoms with Crippen LogP contribution in [0.25, 0.3) is 0 Å². The van der Waals surface area contributed by atoms with Crippen molar-refractivity contribution in [3.63, 3.8) is 0 Å². The van der Waals surface area contributed by atoms with Crippen LogP contribution in [-0.2, 0) is 5.75 Å². The van der Waals surface area contributed by atoms with Crippen LogP contribution in [0.5, 0.6) is 0 Å². The van der Waals surface area contributed by atoms with Gasteiger partial charge in [0, 0.05) is 16.6 Å². The van der Waals surface area contributed by atoms with Crippen LogP contribution in [0.1, 0.15) is 42.0 Å². The van der Waals surface area contributed by atoms with Crippen LogP contribution < -0.4 is 0 Å². The summed E-state index contributed by atoms with van der Waals surface area (Å²) in [5.74, 6) is 2.25. The highest BCUT2D eigenvalue weighted by Crippen LogP contribution is 2.44. The second-order valence-corrected chi connectivity index (χ2v) is 6.77. The summed E-state index contributed by atoms with van der Waals surface area (Å²) < 4.78 is 0. The lowest BCUT2D eigenvalue weighted by atomic mass is 9.80. The molecule has 0 N–H and O–H groups in total. The Kier molecular flexibility index (Phi) is 3.40. The highest BCUT2D eigenvalue weighted by atomic mass is 32.2. The molecule has 0 aromatic heterocycles. The maximum absolute atomic E-state index is 2.35. The lowest BCUT2D eigenvalue weighted by Crippen LogP contribution is -2.10. The first kappa shape index (κ1) is 12.8. The van der Waals surface area contributed by atoms with Crippen molar-refractivity contribution in [1.82, 2.24) is 0 Å². The molecule has 0 aliphatic carbocycles. The molecule has 3 rings (SSSR count). The lowest BCUT2D eigenvalue weighted by molar-refractivity contribution is 0.556. The summed E-state index contributed by atoms with van der Waals surface area (Å²) in [6, 6.07) is 15.9. The summed E-state index contributed by atoms with van der Waals surface area (Å²) in [5, 5.41) is 0. The van der Waals surface area contributed by atoms with E-state index < -0.39 is 0 Å². The molecule has 0 amide bonds. The Labute approximate surface area is 120 Å². The van der Waals surface area contributed by atoms with E-state index in [0.717, 1.165) is 5.75 Å². The zero-order valence-electron chi connectivity index (χ0n) is 11.8. The van der Waals surface area contributed by atoms with E-state index in [2.05, 4.69) is 63.2 Å². The third-order valence-electron chi connectivity index (χ3n) is 3.94. The normalized spacial score (nSPS) is 17.8. The van der Waals surface area contributed by atoms with Gasteiger partial charge >= 0.3 is 0 Å². The summed E-state index contributed by atoms with van der Waals surface area (Å²) in [5.41, 5.74) is 5.89. The first-order chi connectivity index (χ1) is 9.16. The van der Waals surface area contributed by atoms with Gasteiger partial charge in [0.25, 0.3) is 0 Å². The lowest BCUT2D eigenvalue weighted by Gasteiger charge is -2.23. The van der Waals surface area contributed by atoms with E-state index in [1.54, 1.807) is 0 Å². The molecule has 1 heterocycles. The second-order valence-electron chi connectivity index (χ2n) is 5.75. The highest BCUT2D eigenvalue weighted by molar-refractivity contribution is 7.98. The van der Waals surface area contributed by atoms with E-state index in [1.807, 2.05) is 11.8 Å². The molecular formula is C18H20S. The van der Waals surface area contributed by atoms with E-state index in [-0.39, 0.29) is 0 Å². The minimum Gasteiger partial charge on any atom is -0.121 e. The van der Waals surface area contributed by atoms with Crippen molar-refractivity contribution in [2.24, 2.45) is 5.92 Å². The van der Waals surface area contributed by atoms with Crippen molar-refractivity contribution in [2.45, 2.75) is 37.3 Å². The van der Waals surface area contributed by atoms with Gasteiger partial charge in [0.15, 0.2) is 0 Å². The maximum Gasteiger partial charge on any atom is 0.0235 e. The number of hydrogen-bond donors (Lipinski definition) is 0. The largest absolute Gasteiger partial charge is 0.121 e. The average Bonchev–Trinajstić information content (AvgIpc) is 2.55. The molecule has 1 unspecified atom stereocenters. The van der Waals surface area contributed by atoms with Gasteiger partial charge in [-0.05, 0) is 41.2 Å². The van der Waals surface area contributed by atoms with Crippen LogP contribution in [-0.4, -0.2) is 0 Å². The topological polar surface area (TPSA) is 0 Å². The molecule has 0 bridgehead atoms. The number of rotatable bonds is 1. The molecule has 0 spiro atoms. The Bertz CT molecular complexity index is 598. The quantitative estimate of drug-likeness (QED) is 0.668. The first-order valence-electron chi connectivity index (χ1n) is 6.98. The Morgan fingerprint density at radius 1 is 1.05 bits per heavy atom. The van der Waals surface area contributed by atoms with Crippen molar-refractivity contribution in [3.05, 3.63) is 64.7 Å². The van der Waals surface area contributed by atoms with Crippen LogP contribution in [0.2, 0.25) is 0 Å². The molecule has 2 aromatic carbocycles. The summed E-state index contributed by atoms with van der Waals surface area (Å²) >= 11 is 1.99. The monoisotopic (exact) mass is 268 g/mol. The van der Waals surface area contributed by atoms with E-state index in [1.165, 1.54) is 27.1 Å². The summed E-state index contributed by atoms with van der Waals surface area (Å²) in [6.45, 7) is 6.85. The molecule has 1 heteroatoms. The predicted octanol–water partition coefficient (Wildman–Crippen LogP) is 5.39. The predicted molar refractivity (Wildman–Crippen MR) is 83.9 cm³/mol. The van der Waals surface area contributed by atoms with Gasteiger partial charge in [-0.2, -0.15) is 0 Å². The van der Waals surface area contributed by atoms with Gasteiger partial charge in [-0.3, -0.25) is 0 Å². The molecule has 0 saturated carbocycles. The van der Waals surface area contributed by atoms with Crippen LogP contribution in [0.3, 0.4) is 0 Å². The van der Waals surface area contributed by atoms with Crippen molar-refractivity contribution >= 4 is 11.8 Å². The molecule has 1 atom stereocenters. The Hall–Kier alpha value is -1.21. The van der Waals surface area contributed by atoms with Crippen LogP contribution in [0.4, 0.5) is 0 Å². The van der Waals surface area contributed by atoms with Crippen molar-refractivity contribution in [1.29, 1.82) is 0 Å². The molecule has 1 aliphatic rings. The third kappa shape index (κ3) is 2.32. The number of hydrogen-bond acceptors (Lipinski definition) is 1. The first-order valence-corrected chi connectivity index (χ1v) is 7.96. The standard InChI is InChI=1S/C18H20S/c1-12(2)18-15-7-5-4-6-14(15)11-19-17-10-13(3)8-9-16(17)18/h4-10,12,18H,11H2,1-3H3. The number of thioether (sulfide) groups is 1. The summed E-state index contributed by atoms with van der Waals surface area (Å²) in [6.07, 6.45) is 0. The van der Waals surface area contributed by atoms with Crippen LogP contribution in [0.15, 0.2) is 47.4 Å². The van der Waals surface area contributed by atoms with Crippen molar-refractivity contribution < 1.29 is 0 Å². The summed E-state index contributed by atoms with van der Waals surface area (Å²) in [7, 11) is 0. The fourth-order valence-electron chi connectivity index (χ4n) is 3.03. The van der Waals surface area contributed by atoms with Crippen LogP contribution >= 0.6 is 11.8 Å². The zero-order chi connectivity index (χ0) is 13.4. The number of fused-ring (bicyclic) bond motifs is 2. The molecule has 98 valence electrons. The van der Waals surface area contributed by atoms with Crippen molar-refractivity contribution in [2.75, 3.05) is 0 Å². The van der Waals surface area contributed by atoms with Gasteiger partial charge in [0.05, 0.1) is 0 Å². The van der Waals surface area contributed by atoms with Gasteiger partial charge in [-0.25, -0.2) is 0 Å². The number of benzene rings is 2. The zero-order valence-corrected chi connectivity index (χ0v) is 12.6. The van der Waals surface area contributed by atoms with E-state index in [4.69, 9.17) is 0 Å². The molecule has 0 radical (unpaired) electrons. The van der Waals surface area contributed by atoms with Gasteiger partial charge < -0.3 is 0 Å². The van der Waals surface area contributed by atoms with Gasteiger partial charge in [-0.1, -0.05) is 50.2 Å². The summed E-state index contributed by atoms with van der Waals surface area (Å²) in [4.78, 5) is 1.47. The Morgan fingerprint density at radius 2 is 1.84 bits per heavy atom. The Morgan fingerprint density at radius 3 is 2.63 bits per heavy atom. The molecular weight excluding hydrogens is 248 g/mol. The minimum absolute atomic E-state index is 0.529. The maximum atomic E-state index is 2.35.